The zero-order valence-corrected chi connectivity index (χ0v) is 12.0. The van der Waals surface area contributed by atoms with Gasteiger partial charge in [-0.1, -0.05) is 12.1 Å². The first-order valence-corrected chi connectivity index (χ1v) is 7.40. The molecule has 3 heteroatoms. The molecule has 1 aromatic carbocycles. The molecule has 2 aliphatic heterocycles. The maximum atomic E-state index is 6.15. The predicted molar refractivity (Wildman–Crippen MR) is 79.9 cm³/mol. The second-order valence-electron chi connectivity index (χ2n) is 6.28. The fourth-order valence-electron chi connectivity index (χ4n) is 3.15. The van der Waals surface area contributed by atoms with Crippen LogP contribution in [0.5, 0.6) is 0 Å². The molecule has 1 N–H and O–H groups in total. The number of rotatable bonds is 2. The van der Waals surface area contributed by atoms with Crippen LogP contribution >= 0.6 is 0 Å². The summed E-state index contributed by atoms with van der Waals surface area (Å²) < 4.78 is 6.15. The van der Waals surface area contributed by atoms with E-state index in [1.807, 2.05) is 0 Å². The van der Waals surface area contributed by atoms with E-state index in [2.05, 4.69) is 48.3 Å². The van der Waals surface area contributed by atoms with Crippen LogP contribution in [0.2, 0.25) is 0 Å². The first kappa shape index (κ1) is 12.8. The lowest BCUT2D eigenvalue weighted by molar-refractivity contribution is -0.0115. The standard InChI is InChI=1S/C16H24N2O/c1-16(2)9-8-13(19-16)12-18-11-5-10-17-14-6-3-4-7-15(14)18/h3-4,6-7,13,17H,5,8-12H2,1-2H3. The Labute approximate surface area is 115 Å². The Morgan fingerprint density at radius 1 is 1.37 bits per heavy atom. The van der Waals surface area contributed by atoms with E-state index in [4.69, 9.17) is 4.74 Å². The van der Waals surface area contributed by atoms with Crippen molar-refractivity contribution in [2.45, 2.75) is 44.8 Å². The lowest BCUT2D eigenvalue weighted by Gasteiger charge is -2.28. The largest absolute Gasteiger partial charge is 0.383 e. The molecular formula is C16H24N2O. The lowest BCUT2D eigenvalue weighted by Crippen LogP contribution is -2.34. The van der Waals surface area contributed by atoms with E-state index in [-0.39, 0.29) is 5.60 Å². The highest BCUT2D eigenvalue weighted by Crippen LogP contribution is 2.33. The summed E-state index contributed by atoms with van der Waals surface area (Å²) in [6.07, 6.45) is 3.91. The minimum Gasteiger partial charge on any atom is -0.383 e. The summed E-state index contributed by atoms with van der Waals surface area (Å²) in [4.78, 5) is 2.49. The molecule has 0 radical (unpaired) electrons. The summed E-state index contributed by atoms with van der Waals surface area (Å²) in [5.74, 6) is 0. The molecule has 19 heavy (non-hydrogen) atoms. The zero-order valence-electron chi connectivity index (χ0n) is 12.0. The van der Waals surface area contributed by atoms with Crippen molar-refractivity contribution in [2.75, 3.05) is 29.9 Å². The van der Waals surface area contributed by atoms with Gasteiger partial charge in [0.25, 0.3) is 0 Å². The Bertz CT molecular complexity index is 444. The molecular weight excluding hydrogens is 236 g/mol. The van der Waals surface area contributed by atoms with Gasteiger partial charge in [0.1, 0.15) is 0 Å². The number of nitrogens with zero attached hydrogens (tertiary/aromatic N) is 1. The van der Waals surface area contributed by atoms with E-state index in [9.17, 15) is 0 Å². The van der Waals surface area contributed by atoms with Crippen LogP contribution in [0.1, 0.15) is 33.1 Å². The van der Waals surface area contributed by atoms with Crippen molar-refractivity contribution in [3.8, 4) is 0 Å². The maximum Gasteiger partial charge on any atom is 0.0758 e. The summed E-state index contributed by atoms with van der Waals surface area (Å²) in [6.45, 7) is 7.59. The van der Waals surface area contributed by atoms with Crippen molar-refractivity contribution >= 4 is 11.4 Å². The van der Waals surface area contributed by atoms with Crippen LogP contribution in [-0.2, 0) is 4.74 Å². The molecule has 0 aromatic heterocycles. The minimum atomic E-state index is 0.0638. The summed E-state index contributed by atoms with van der Waals surface area (Å²) in [6, 6.07) is 8.61. The van der Waals surface area contributed by atoms with Crippen molar-refractivity contribution in [3.05, 3.63) is 24.3 Å². The molecule has 2 heterocycles. The number of benzene rings is 1. The SMILES string of the molecule is CC1(C)CCC(CN2CCCNc3ccccc32)O1. The fraction of sp³-hybridized carbons (Fsp3) is 0.625. The Balaban J connectivity index is 1.74. The van der Waals surface area contributed by atoms with Crippen LogP contribution in [0.15, 0.2) is 24.3 Å². The lowest BCUT2D eigenvalue weighted by atomic mass is 10.1. The first-order chi connectivity index (χ1) is 9.14. The Kier molecular flexibility index (Phi) is 3.40. The average molecular weight is 260 g/mol. The molecule has 3 nitrogen and oxygen atoms in total. The molecule has 3 rings (SSSR count). The highest BCUT2D eigenvalue weighted by Gasteiger charge is 2.33. The Hall–Kier alpha value is -1.22. The number of nitrogens with one attached hydrogen (secondary N) is 1. The smallest absolute Gasteiger partial charge is 0.0758 e. The van der Waals surface area contributed by atoms with Crippen molar-refractivity contribution < 1.29 is 4.74 Å². The summed E-state index contributed by atoms with van der Waals surface area (Å²) in [5, 5.41) is 3.51. The van der Waals surface area contributed by atoms with Gasteiger partial charge in [-0.05, 0) is 45.2 Å². The molecule has 104 valence electrons. The third-order valence-corrected chi connectivity index (χ3v) is 4.14. The number of para-hydroxylation sites is 2. The second-order valence-corrected chi connectivity index (χ2v) is 6.28. The van der Waals surface area contributed by atoms with Crippen LogP contribution in [0, 0.1) is 0 Å². The van der Waals surface area contributed by atoms with Gasteiger partial charge in [0.2, 0.25) is 0 Å². The normalized spacial score (nSPS) is 25.6. The van der Waals surface area contributed by atoms with E-state index >= 15 is 0 Å². The molecule has 0 saturated carbocycles. The molecule has 1 atom stereocenters. The van der Waals surface area contributed by atoms with Crippen molar-refractivity contribution in [2.24, 2.45) is 0 Å². The second kappa shape index (κ2) is 5.04. The van der Waals surface area contributed by atoms with Gasteiger partial charge in [-0.2, -0.15) is 0 Å². The van der Waals surface area contributed by atoms with Gasteiger partial charge >= 0.3 is 0 Å². The van der Waals surface area contributed by atoms with E-state index in [1.165, 1.54) is 30.6 Å². The molecule has 0 aliphatic carbocycles. The highest BCUT2D eigenvalue weighted by molar-refractivity contribution is 5.70. The van der Waals surface area contributed by atoms with Crippen LogP contribution in [0.3, 0.4) is 0 Å². The number of hydrogen-bond donors (Lipinski definition) is 1. The van der Waals surface area contributed by atoms with E-state index in [0.29, 0.717) is 6.10 Å². The molecule has 0 bridgehead atoms. The Morgan fingerprint density at radius 2 is 2.21 bits per heavy atom. The topological polar surface area (TPSA) is 24.5 Å². The van der Waals surface area contributed by atoms with Crippen LogP contribution in [-0.4, -0.2) is 31.3 Å². The number of hydrogen-bond acceptors (Lipinski definition) is 3. The number of ether oxygens (including phenoxy) is 1. The first-order valence-electron chi connectivity index (χ1n) is 7.40. The van der Waals surface area contributed by atoms with E-state index in [0.717, 1.165) is 19.6 Å². The monoisotopic (exact) mass is 260 g/mol. The van der Waals surface area contributed by atoms with Crippen molar-refractivity contribution in [1.29, 1.82) is 0 Å². The highest BCUT2D eigenvalue weighted by atomic mass is 16.5. The fourth-order valence-corrected chi connectivity index (χ4v) is 3.15. The quantitative estimate of drug-likeness (QED) is 0.883. The molecule has 1 unspecified atom stereocenters. The summed E-state index contributed by atoms with van der Waals surface area (Å²) in [5.41, 5.74) is 2.65. The van der Waals surface area contributed by atoms with Gasteiger partial charge < -0.3 is 15.0 Å². The van der Waals surface area contributed by atoms with Crippen LogP contribution in [0.25, 0.3) is 0 Å². The van der Waals surface area contributed by atoms with Gasteiger partial charge in [0, 0.05) is 19.6 Å². The van der Waals surface area contributed by atoms with Crippen LogP contribution < -0.4 is 10.2 Å². The third-order valence-electron chi connectivity index (χ3n) is 4.14. The average Bonchev–Trinajstić information content (AvgIpc) is 2.60. The van der Waals surface area contributed by atoms with E-state index in [1.54, 1.807) is 0 Å². The predicted octanol–water partition coefficient (Wildman–Crippen LogP) is 3.27. The van der Waals surface area contributed by atoms with Gasteiger partial charge in [0.05, 0.1) is 23.1 Å². The van der Waals surface area contributed by atoms with Crippen molar-refractivity contribution in [1.82, 2.24) is 0 Å². The third kappa shape index (κ3) is 2.86. The summed E-state index contributed by atoms with van der Waals surface area (Å²) in [7, 11) is 0. The van der Waals surface area contributed by atoms with E-state index < -0.39 is 0 Å². The van der Waals surface area contributed by atoms with Crippen molar-refractivity contribution in [3.63, 3.8) is 0 Å². The maximum absolute atomic E-state index is 6.15. The van der Waals surface area contributed by atoms with Gasteiger partial charge in [-0.25, -0.2) is 0 Å². The Morgan fingerprint density at radius 3 is 3.00 bits per heavy atom. The molecule has 1 fully saturated rings. The molecule has 1 saturated heterocycles. The van der Waals surface area contributed by atoms with Gasteiger partial charge in [-0.3, -0.25) is 0 Å². The molecule has 1 aromatic rings. The number of fused-ring (bicyclic) bond motifs is 1. The minimum absolute atomic E-state index is 0.0638. The number of anilines is 2. The molecule has 0 amide bonds. The van der Waals surface area contributed by atoms with Crippen LogP contribution in [0.4, 0.5) is 11.4 Å². The van der Waals surface area contributed by atoms with Gasteiger partial charge in [0.15, 0.2) is 0 Å². The molecule has 2 aliphatic rings. The zero-order chi connectivity index (χ0) is 13.3. The van der Waals surface area contributed by atoms with Gasteiger partial charge in [-0.15, -0.1) is 0 Å². The molecule has 0 spiro atoms. The summed E-state index contributed by atoms with van der Waals surface area (Å²) >= 11 is 0.